The zero-order valence-corrected chi connectivity index (χ0v) is 37.6. The van der Waals surface area contributed by atoms with Crippen LogP contribution in [0, 0.1) is 5.41 Å². The number of carbonyl (C=O) groups excluding carboxylic acids is 2. The molecule has 336 valence electrons. The standard InChI is InChI=1S/C40H48N4O13S5/c45-37(46)14-2-1-7-19-41-38(47)40(39(48)42-20-25-62(55,56)57)27-29(15-17-35-43(21-8-23-60(49,50)51)31-10-3-5-12-33(31)58-35)26-30(28-40)16-18-36-44(22-9-24-61(52,53)54)32-11-4-6-13-34(32)59-36/h3-6,10-13,15-18,26H,1-2,7-9,14,19-25,27-28H2,(H5-,41,42,45,46,47,48,49,50,51,52,53,54,55,56,57)/p+1. The van der Waals surface area contributed by atoms with Crippen LogP contribution in [0.1, 0.15) is 56.4 Å². The van der Waals surface area contributed by atoms with Gasteiger partial charge in [0.05, 0.1) is 28.0 Å². The minimum absolute atomic E-state index is 0.0418. The summed E-state index contributed by atoms with van der Waals surface area (Å²) >= 11 is 2.84. The van der Waals surface area contributed by atoms with Crippen molar-refractivity contribution in [1.82, 2.24) is 10.6 Å². The van der Waals surface area contributed by atoms with E-state index < -0.39 is 77.4 Å². The van der Waals surface area contributed by atoms with E-state index >= 15 is 0 Å². The molecule has 1 atom stereocenters. The van der Waals surface area contributed by atoms with Crippen molar-refractivity contribution in [3.8, 4) is 0 Å². The Labute approximate surface area is 368 Å². The molecule has 0 spiro atoms. The molecule has 0 saturated carbocycles. The van der Waals surface area contributed by atoms with Gasteiger partial charge < -0.3 is 20.6 Å². The molecule has 3 aromatic rings. The number of benzene rings is 2. The van der Waals surface area contributed by atoms with E-state index in [1.54, 1.807) is 24.3 Å². The zero-order valence-electron chi connectivity index (χ0n) is 33.5. The van der Waals surface area contributed by atoms with Crippen molar-refractivity contribution in [3.05, 3.63) is 94.0 Å². The number of thioether (sulfide) groups is 1. The molecule has 0 bridgehead atoms. The molecule has 5 rings (SSSR count). The number of aromatic nitrogens is 1. The van der Waals surface area contributed by atoms with E-state index in [4.69, 9.17) is 5.11 Å². The number of nitrogens with one attached hydrogen (secondary N) is 2. The number of unbranched alkanes of at least 4 members (excludes halogenated alkanes) is 2. The summed E-state index contributed by atoms with van der Waals surface area (Å²) < 4.78 is 100. The highest BCUT2D eigenvalue weighted by Crippen LogP contribution is 2.46. The number of aryl methyl sites for hydroxylation is 1. The maximum absolute atomic E-state index is 14.4. The topological polar surface area (TPSA) is 266 Å². The van der Waals surface area contributed by atoms with Gasteiger partial charge in [-0.3, -0.25) is 28.0 Å². The number of hydrogen-bond donors (Lipinski definition) is 6. The number of hydrogen-bond acceptors (Lipinski definition) is 12. The number of para-hydroxylation sites is 2. The summed E-state index contributed by atoms with van der Waals surface area (Å²) in [6, 6.07) is 15.0. The Kier molecular flexibility index (Phi) is 16.7. The average molecular weight is 954 g/mol. The quantitative estimate of drug-likeness (QED) is 0.0348. The van der Waals surface area contributed by atoms with Crippen LogP contribution in [-0.2, 0) is 51.3 Å². The highest BCUT2D eigenvalue weighted by Gasteiger charge is 2.48. The van der Waals surface area contributed by atoms with Crippen molar-refractivity contribution < 1.29 is 63.0 Å². The molecule has 2 amide bonds. The van der Waals surface area contributed by atoms with Crippen molar-refractivity contribution in [2.24, 2.45) is 5.41 Å². The van der Waals surface area contributed by atoms with Gasteiger partial charge in [-0.25, -0.2) is 0 Å². The highest BCUT2D eigenvalue weighted by atomic mass is 32.2. The van der Waals surface area contributed by atoms with Crippen LogP contribution in [0.4, 0.5) is 5.69 Å². The number of carboxylic acid groups (broad SMARTS) is 1. The van der Waals surface area contributed by atoms with Crippen LogP contribution >= 0.6 is 23.1 Å². The third-order valence-corrected chi connectivity index (χ3v) is 14.6. The number of carboxylic acids is 1. The number of carbonyl (C=O) groups is 3. The van der Waals surface area contributed by atoms with E-state index in [9.17, 15) is 53.3 Å². The third kappa shape index (κ3) is 14.3. The van der Waals surface area contributed by atoms with E-state index in [0.717, 1.165) is 20.8 Å². The first-order valence-corrected chi connectivity index (χ1v) is 26.1. The van der Waals surface area contributed by atoms with E-state index in [1.165, 1.54) is 23.1 Å². The number of thiazole rings is 1. The lowest BCUT2D eigenvalue weighted by molar-refractivity contribution is -0.668. The number of rotatable bonds is 22. The molecule has 17 nitrogen and oxygen atoms in total. The molecule has 6 N–H and O–H groups in total. The second-order valence-corrected chi connectivity index (χ2v) is 21.6. The highest BCUT2D eigenvalue weighted by molar-refractivity contribution is 8.03. The first-order valence-electron chi connectivity index (χ1n) is 19.6. The Hall–Kier alpha value is -4.42. The minimum Gasteiger partial charge on any atom is -0.481 e. The summed E-state index contributed by atoms with van der Waals surface area (Å²) in [5.41, 5.74) is 0.854. The predicted octanol–water partition coefficient (Wildman–Crippen LogP) is 4.61. The zero-order chi connectivity index (χ0) is 45.1. The molecule has 62 heavy (non-hydrogen) atoms. The first kappa shape index (κ1) is 48.6. The van der Waals surface area contributed by atoms with Gasteiger partial charge in [-0.1, -0.05) is 72.0 Å². The lowest BCUT2D eigenvalue weighted by Crippen LogP contribution is -2.53. The Morgan fingerprint density at radius 2 is 1.42 bits per heavy atom. The molecular weight excluding hydrogens is 905 g/mol. The van der Waals surface area contributed by atoms with Crippen molar-refractivity contribution in [1.29, 1.82) is 0 Å². The molecule has 22 heteroatoms. The van der Waals surface area contributed by atoms with Crippen LogP contribution in [0.25, 0.3) is 16.3 Å². The Morgan fingerprint density at radius 1 is 0.758 bits per heavy atom. The average Bonchev–Trinajstić information content (AvgIpc) is 3.73. The molecule has 0 saturated heterocycles. The molecule has 2 heterocycles. The fraction of sp³-hybridized carbons (Fsp3) is 0.400. The Bertz CT molecular complexity index is 2620. The molecule has 1 aromatic heterocycles. The summed E-state index contributed by atoms with van der Waals surface area (Å²) in [7, 11) is -12.9. The van der Waals surface area contributed by atoms with E-state index in [1.807, 2.05) is 64.1 Å². The summed E-state index contributed by atoms with van der Waals surface area (Å²) in [5, 5.41) is 15.8. The van der Waals surface area contributed by atoms with Gasteiger partial charge >= 0.3 is 5.97 Å². The Balaban J connectivity index is 1.56. The van der Waals surface area contributed by atoms with Gasteiger partial charge in [-0.05, 0) is 67.5 Å². The number of fused-ring (bicyclic) bond motifs is 2. The minimum atomic E-state index is -4.47. The van der Waals surface area contributed by atoms with E-state index in [-0.39, 0.29) is 51.7 Å². The first-order chi connectivity index (χ1) is 29.2. The number of allylic oxidation sites excluding steroid dienone is 6. The number of aliphatic carboxylic acids is 1. The summed E-state index contributed by atoms with van der Waals surface area (Å²) in [6.07, 6.45) is 10.1. The maximum Gasteiger partial charge on any atom is 0.303 e. The van der Waals surface area contributed by atoms with Gasteiger partial charge in [-0.15, -0.1) is 0 Å². The van der Waals surface area contributed by atoms with E-state index in [2.05, 4.69) is 10.6 Å². The van der Waals surface area contributed by atoms with Crippen molar-refractivity contribution in [2.75, 3.05) is 41.8 Å². The van der Waals surface area contributed by atoms with Gasteiger partial charge in [0.15, 0.2) is 6.54 Å². The number of amides is 2. The van der Waals surface area contributed by atoms with Gasteiger partial charge in [0.1, 0.15) is 10.1 Å². The van der Waals surface area contributed by atoms with Crippen molar-refractivity contribution in [3.63, 3.8) is 0 Å². The second-order valence-electron chi connectivity index (χ2n) is 14.8. The smallest absolute Gasteiger partial charge is 0.303 e. The third-order valence-electron chi connectivity index (χ3n) is 9.97. The molecular formula is C40H49N4O13S5+. The van der Waals surface area contributed by atoms with Crippen LogP contribution in [-0.4, -0.2) is 98.7 Å². The molecule has 1 aliphatic heterocycles. The van der Waals surface area contributed by atoms with Crippen LogP contribution in [0.3, 0.4) is 0 Å². The van der Waals surface area contributed by atoms with Gasteiger partial charge in [-0.2, -0.15) is 29.8 Å². The monoisotopic (exact) mass is 953 g/mol. The van der Waals surface area contributed by atoms with E-state index in [0.29, 0.717) is 40.4 Å². The maximum atomic E-state index is 14.4. The van der Waals surface area contributed by atoms with Gasteiger partial charge in [0.25, 0.3) is 35.4 Å². The molecule has 2 aromatic carbocycles. The van der Waals surface area contributed by atoms with Crippen LogP contribution in [0.5, 0.6) is 0 Å². The second kappa shape index (κ2) is 21.3. The number of anilines is 1. The van der Waals surface area contributed by atoms with Crippen LogP contribution < -0.4 is 20.1 Å². The largest absolute Gasteiger partial charge is 0.481 e. The molecule has 2 aliphatic rings. The fourth-order valence-electron chi connectivity index (χ4n) is 7.13. The van der Waals surface area contributed by atoms with Crippen molar-refractivity contribution in [2.45, 2.75) is 62.8 Å². The predicted molar refractivity (Wildman–Crippen MR) is 237 cm³/mol. The fourth-order valence-corrected chi connectivity index (χ4v) is 10.7. The molecule has 0 radical (unpaired) electrons. The molecule has 0 fully saturated rings. The lowest BCUT2D eigenvalue weighted by atomic mass is 9.70. The van der Waals surface area contributed by atoms with Gasteiger partial charge in [0.2, 0.25) is 17.3 Å². The van der Waals surface area contributed by atoms with Crippen LogP contribution in [0.2, 0.25) is 0 Å². The lowest BCUT2D eigenvalue weighted by Gasteiger charge is -2.35. The summed E-state index contributed by atoms with van der Waals surface area (Å²) in [4.78, 5) is 42.5. The molecule has 1 unspecified atom stereocenters. The van der Waals surface area contributed by atoms with Crippen molar-refractivity contribution >= 4 is 93.2 Å². The summed E-state index contributed by atoms with van der Waals surface area (Å²) in [5.74, 6) is -4.10. The van der Waals surface area contributed by atoms with Crippen LogP contribution in [0.15, 0.2) is 93.9 Å². The van der Waals surface area contributed by atoms with Gasteiger partial charge in [0, 0.05) is 49.5 Å². The summed E-state index contributed by atoms with van der Waals surface area (Å²) in [6.45, 7) is 0.127. The molecule has 1 aliphatic carbocycles. The Morgan fingerprint density at radius 3 is 2.13 bits per heavy atom. The SMILES string of the molecule is O=C(O)CCCCCNC(=O)C1(C(=O)NCCS(=O)(=O)O)CC(/C=C/c2sc3ccccc3[n+]2CCCS(=O)(=O)O)=CC(=C/C=C2\Sc3ccccc3N2CCCS(=O)(=O)O)/C1. The number of nitrogens with zero attached hydrogens (tertiary/aromatic N) is 2. The normalized spacial score (nSPS) is 18.4.